The molecule has 0 bridgehead atoms. The number of nitrogens with zero attached hydrogens (tertiary/aromatic N) is 5. The van der Waals surface area contributed by atoms with E-state index in [2.05, 4.69) is 25.4 Å². The highest BCUT2D eigenvalue weighted by Crippen LogP contribution is 2.27. The third kappa shape index (κ3) is 3.75. The molecule has 1 unspecified atom stereocenters. The molecule has 0 saturated carbocycles. The molecule has 134 valence electrons. The number of anilines is 1. The zero-order chi connectivity index (χ0) is 17.8. The third-order valence-electron chi connectivity index (χ3n) is 4.46. The van der Waals surface area contributed by atoms with Crippen LogP contribution in [0.3, 0.4) is 0 Å². The summed E-state index contributed by atoms with van der Waals surface area (Å²) in [6, 6.07) is 9.63. The van der Waals surface area contributed by atoms with Gasteiger partial charge in [0.15, 0.2) is 0 Å². The molecule has 1 saturated heterocycles. The van der Waals surface area contributed by atoms with E-state index in [0.717, 1.165) is 35.3 Å². The van der Waals surface area contributed by atoms with Crippen molar-refractivity contribution >= 4 is 22.4 Å². The smallest absolute Gasteiger partial charge is 0.225 e. The normalized spacial score (nSPS) is 17.2. The van der Waals surface area contributed by atoms with E-state index in [-0.39, 0.29) is 11.8 Å². The number of carbonyl (C=O) groups excluding carboxylic acids is 1. The van der Waals surface area contributed by atoms with Gasteiger partial charge in [-0.1, -0.05) is 17.4 Å². The summed E-state index contributed by atoms with van der Waals surface area (Å²) in [6.45, 7) is 2.05. The van der Waals surface area contributed by atoms with Gasteiger partial charge in [-0.25, -0.2) is 0 Å². The van der Waals surface area contributed by atoms with Crippen LogP contribution in [0.15, 0.2) is 48.9 Å². The van der Waals surface area contributed by atoms with Crippen molar-refractivity contribution in [3.63, 3.8) is 0 Å². The fraction of sp³-hybridized carbons (Fsp3) is 0.333. The number of aromatic nitrogens is 4. The highest BCUT2D eigenvalue weighted by atomic mass is 32.1. The van der Waals surface area contributed by atoms with Gasteiger partial charge in [-0.3, -0.25) is 14.3 Å². The summed E-state index contributed by atoms with van der Waals surface area (Å²) < 4.78 is 1.95. The molecule has 8 heteroatoms. The van der Waals surface area contributed by atoms with Crippen LogP contribution in [0, 0.1) is 5.92 Å². The number of pyridine rings is 1. The number of hydrogen-bond donors (Lipinski definition) is 1. The van der Waals surface area contributed by atoms with Gasteiger partial charge in [-0.2, -0.15) is 0 Å². The lowest BCUT2D eigenvalue weighted by molar-refractivity contribution is -0.125. The van der Waals surface area contributed by atoms with Crippen LogP contribution in [-0.4, -0.2) is 38.7 Å². The van der Waals surface area contributed by atoms with Crippen LogP contribution in [0.5, 0.6) is 0 Å². The topological polar surface area (TPSA) is 75.9 Å². The van der Waals surface area contributed by atoms with E-state index in [1.807, 2.05) is 47.3 Å². The molecule has 0 radical (unpaired) electrons. The average molecular weight is 368 g/mol. The summed E-state index contributed by atoms with van der Waals surface area (Å²) in [4.78, 5) is 18.9. The predicted octanol–water partition coefficient (Wildman–Crippen LogP) is 2.26. The Kier molecular flexibility index (Phi) is 4.92. The quantitative estimate of drug-likeness (QED) is 0.748. The van der Waals surface area contributed by atoms with Gasteiger partial charge in [-0.15, -0.1) is 10.2 Å². The maximum Gasteiger partial charge on any atom is 0.225 e. The lowest BCUT2D eigenvalue weighted by Crippen LogP contribution is -2.43. The molecule has 1 atom stereocenters. The van der Waals surface area contributed by atoms with E-state index in [9.17, 15) is 4.79 Å². The molecular formula is C18H20N6OS. The van der Waals surface area contributed by atoms with Crippen molar-refractivity contribution in [2.45, 2.75) is 19.4 Å². The molecule has 26 heavy (non-hydrogen) atoms. The molecular weight excluding hydrogens is 348 g/mol. The summed E-state index contributed by atoms with van der Waals surface area (Å²) in [5, 5.41) is 13.3. The Morgan fingerprint density at radius 1 is 1.19 bits per heavy atom. The van der Waals surface area contributed by atoms with Crippen molar-refractivity contribution in [1.82, 2.24) is 25.1 Å². The van der Waals surface area contributed by atoms with Crippen molar-refractivity contribution in [2.75, 3.05) is 18.0 Å². The fourth-order valence-electron chi connectivity index (χ4n) is 3.09. The summed E-state index contributed by atoms with van der Waals surface area (Å²) >= 11 is 1.55. The second-order valence-corrected chi connectivity index (χ2v) is 7.22. The molecule has 1 N–H and O–H groups in total. The highest BCUT2D eigenvalue weighted by molar-refractivity contribution is 7.17. The number of rotatable bonds is 5. The van der Waals surface area contributed by atoms with Gasteiger partial charge in [0.2, 0.25) is 16.2 Å². The van der Waals surface area contributed by atoms with E-state index in [4.69, 9.17) is 0 Å². The first kappa shape index (κ1) is 16.7. The third-order valence-corrected chi connectivity index (χ3v) is 5.46. The summed E-state index contributed by atoms with van der Waals surface area (Å²) in [5.41, 5.74) is 0.869. The van der Waals surface area contributed by atoms with E-state index in [1.165, 1.54) is 0 Å². The molecule has 0 aliphatic carbocycles. The molecule has 0 aromatic carbocycles. The second-order valence-electron chi connectivity index (χ2n) is 6.28. The Bertz CT molecular complexity index is 848. The minimum atomic E-state index is -0.0357. The number of carbonyl (C=O) groups is 1. The lowest BCUT2D eigenvalue weighted by atomic mass is 9.97. The molecule has 4 rings (SSSR count). The summed E-state index contributed by atoms with van der Waals surface area (Å²) in [7, 11) is 0. The van der Waals surface area contributed by atoms with E-state index in [1.54, 1.807) is 17.5 Å². The van der Waals surface area contributed by atoms with Gasteiger partial charge in [0.1, 0.15) is 0 Å². The minimum absolute atomic E-state index is 0.0357. The first-order valence-electron chi connectivity index (χ1n) is 8.69. The Balaban J connectivity index is 1.37. The first-order chi connectivity index (χ1) is 12.8. The van der Waals surface area contributed by atoms with Crippen LogP contribution < -0.4 is 10.2 Å². The summed E-state index contributed by atoms with van der Waals surface area (Å²) in [6.07, 6.45) is 7.51. The Morgan fingerprint density at radius 2 is 2.04 bits per heavy atom. The molecule has 7 nitrogen and oxygen atoms in total. The lowest BCUT2D eigenvalue weighted by Gasteiger charge is -2.31. The van der Waals surface area contributed by atoms with Crippen LogP contribution in [-0.2, 0) is 11.3 Å². The number of piperidine rings is 1. The van der Waals surface area contributed by atoms with Crippen molar-refractivity contribution in [2.24, 2.45) is 5.92 Å². The van der Waals surface area contributed by atoms with Crippen LogP contribution in [0.1, 0.15) is 18.5 Å². The standard InChI is InChI=1S/C18H20N6OS/c25-16(20-12-15-7-1-2-8-19-15)14-6-5-11-24(13-14)18-22-21-17(26-18)23-9-3-4-10-23/h1-4,7-10,14H,5-6,11-13H2,(H,20,25). The molecule has 3 aromatic rings. The molecule has 1 aliphatic heterocycles. The maximum atomic E-state index is 12.5. The average Bonchev–Trinajstić information content (AvgIpc) is 3.38. The maximum absolute atomic E-state index is 12.5. The Morgan fingerprint density at radius 3 is 2.85 bits per heavy atom. The van der Waals surface area contributed by atoms with Gasteiger partial charge in [0.05, 0.1) is 18.2 Å². The van der Waals surface area contributed by atoms with Gasteiger partial charge >= 0.3 is 0 Å². The van der Waals surface area contributed by atoms with Crippen molar-refractivity contribution < 1.29 is 4.79 Å². The van der Waals surface area contributed by atoms with Crippen LogP contribution in [0.25, 0.3) is 5.13 Å². The van der Waals surface area contributed by atoms with E-state index in [0.29, 0.717) is 13.1 Å². The van der Waals surface area contributed by atoms with Gasteiger partial charge in [0.25, 0.3) is 0 Å². The van der Waals surface area contributed by atoms with E-state index >= 15 is 0 Å². The number of hydrogen-bond acceptors (Lipinski definition) is 6. The fourth-order valence-corrected chi connectivity index (χ4v) is 3.94. The molecule has 1 aliphatic rings. The van der Waals surface area contributed by atoms with Gasteiger partial charge in [-0.05, 0) is 37.1 Å². The van der Waals surface area contributed by atoms with Crippen molar-refractivity contribution in [3.05, 3.63) is 54.6 Å². The van der Waals surface area contributed by atoms with E-state index < -0.39 is 0 Å². The first-order valence-corrected chi connectivity index (χ1v) is 9.50. The predicted molar refractivity (Wildman–Crippen MR) is 100 cm³/mol. The Labute approximate surface area is 155 Å². The molecule has 4 heterocycles. The number of nitrogens with one attached hydrogen (secondary N) is 1. The van der Waals surface area contributed by atoms with Crippen LogP contribution in [0.2, 0.25) is 0 Å². The van der Waals surface area contributed by atoms with Gasteiger partial charge in [0, 0.05) is 31.7 Å². The zero-order valence-corrected chi connectivity index (χ0v) is 15.1. The zero-order valence-electron chi connectivity index (χ0n) is 14.3. The highest BCUT2D eigenvalue weighted by Gasteiger charge is 2.27. The molecule has 1 fully saturated rings. The monoisotopic (exact) mass is 368 g/mol. The largest absolute Gasteiger partial charge is 0.350 e. The van der Waals surface area contributed by atoms with Crippen molar-refractivity contribution in [1.29, 1.82) is 0 Å². The molecule has 1 amide bonds. The minimum Gasteiger partial charge on any atom is -0.350 e. The van der Waals surface area contributed by atoms with Gasteiger partial charge < -0.3 is 10.2 Å². The molecule has 3 aromatic heterocycles. The van der Waals surface area contributed by atoms with Crippen molar-refractivity contribution in [3.8, 4) is 5.13 Å². The number of amides is 1. The Hall–Kier alpha value is -2.74. The van der Waals surface area contributed by atoms with Crippen LogP contribution >= 0.6 is 11.3 Å². The molecule has 0 spiro atoms. The SMILES string of the molecule is O=C(NCc1ccccn1)C1CCCN(c2nnc(-n3cccc3)s2)C1. The van der Waals surface area contributed by atoms with Crippen LogP contribution in [0.4, 0.5) is 5.13 Å². The second kappa shape index (κ2) is 7.65. The summed E-state index contributed by atoms with van der Waals surface area (Å²) in [5.74, 6) is 0.0434.